The third-order valence-electron chi connectivity index (χ3n) is 3.25. The fourth-order valence-electron chi connectivity index (χ4n) is 1.91. The lowest BCUT2D eigenvalue weighted by Gasteiger charge is -2.42. The van der Waals surface area contributed by atoms with Crippen LogP contribution >= 0.6 is 0 Å². The lowest BCUT2D eigenvalue weighted by molar-refractivity contribution is -0.141. The van der Waals surface area contributed by atoms with Crippen LogP contribution < -0.4 is 0 Å². The summed E-state index contributed by atoms with van der Waals surface area (Å²) in [4.78, 5) is 14.4. The van der Waals surface area contributed by atoms with Crippen LogP contribution in [0.3, 0.4) is 0 Å². The number of nitrogens with zero attached hydrogens (tertiary/aromatic N) is 2. The normalized spacial score (nSPS) is 13.0. The van der Waals surface area contributed by atoms with E-state index in [1.165, 1.54) is 13.0 Å². The summed E-state index contributed by atoms with van der Waals surface area (Å²) in [5.74, 6) is 0. The summed E-state index contributed by atoms with van der Waals surface area (Å²) in [7, 11) is 10.9. The van der Waals surface area contributed by atoms with Gasteiger partial charge in [0, 0.05) is 23.8 Å². The fraction of sp³-hybridized carbons (Fsp3) is 0.429. The van der Waals surface area contributed by atoms with Crippen molar-refractivity contribution in [2.75, 3.05) is 6.61 Å². The molecule has 0 aliphatic heterocycles. The first-order chi connectivity index (χ1) is 11.5. The molecule has 0 bridgehead atoms. The maximum Gasteiger partial charge on any atom is 0.433 e. The Hall–Kier alpha value is -2.06. The Morgan fingerprint density at radius 2 is 2.00 bits per heavy atom. The van der Waals surface area contributed by atoms with Crippen LogP contribution in [-0.4, -0.2) is 50.4 Å². The number of rotatable bonds is 8. The van der Waals surface area contributed by atoms with Gasteiger partial charge in [-0.2, -0.15) is 13.2 Å². The van der Waals surface area contributed by atoms with Crippen LogP contribution in [0.2, 0.25) is 0 Å². The van der Waals surface area contributed by atoms with E-state index >= 15 is 0 Å². The number of pyridine rings is 1. The minimum absolute atomic E-state index is 0.0531. The summed E-state index contributed by atoms with van der Waals surface area (Å²) < 4.78 is 68.5. The second-order valence-electron chi connectivity index (χ2n) is 5.01. The smallest absolute Gasteiger partial charge is 0.433 e. The van der Waals surface area contributed by atoms with E-state index in [1.807, 2.05) is 0 Å². The summed E-state index contributed by atoms with van der Waals surface area (Å²) in [6, 6.07) is 1.78. The van der Waals surface area contributed by atoms with Crippen molar-refractivity contribution in [3.63, 3.8) is 0 Å². The minimum Gasteiger partial charge on any atom is -0.461 e. The second-order valence-corrected chi connectivity index (χ2v) is 5.01. The molecular formula is C14H13B2F5N2O2. The third-order valence-corrected chi connectivity index (χ3v) is 3.25. The summed E-state index contributed by atoms with van der Waals surface area (Å²) in [6.07, 6.45) is -5.59. The number of ether oxygens (including phenoxy) is 1. The lowest BCUT2D eigenvalue weighted by atomic mass is 9.60. The number of halogens is 5. The first-order valence-electron chi connectivity index (χ1n) is 6.90. The van der Waals surface area contributed by atoms with Gasteiger partial charge in [-0.3, -0.25) is 9.78 Å². The van der Waals surface area contributed by atoms with Crippen LogP contribution in [0.1, 0.15) is 18.2 Å². The Morgan fingerprint density at radius 1 is 1.36 bits per heavy atom. The molecule has 1 aromatic heterocycles. The molecule has 0 saturated heterocycles. The molecule has 0 N–H and O–H groups in total. The molecule has 1 aromatic rings. The molecule has 0 spiro atoms. The number of carbonyl (C=O) groups excluding carboxylic acids is 1. The van der Waals surface area contributed by atoms with Crippen LogP contribution in [0.4, 0.5) is 22.0 Å². The monoisotopic (exact) mass is 358 g/mol. The maximum atomic E-state index is 13.2. The molecule has 0 aliphatic carbocycles. The predicted octanol–water partition coefficient (Wildman–Crippen LogP) is 2.24. The van der Waals surface area contributed by atoms with Gasteiger partial charge in [0.1, 0.15) is 12.3 Å². The number of hydrogen-bond donors (Lipinski definition) is 0. The lowest BCUT2D eigenvalue weighted by Crippen LogP contribution is -2.55. The predicted molar refractivity (Wildman–Crippen MR) is 80.8 cm³/mol. The molecule has 1 heterocycles. The SMILES string of the molecule is [B]C([B])(C(F)F)N(Cc1ccc(C(F)(F)F)nc1)/C(=C/C)COC=O. The maximum absolute atomic E-state index is 13.2. The highest BCUT2D eigenvalue weighted by molar-refractivity contribution is 6.40. The van der Waals surface area contributed by atoms with Crippen LogP contribution in [-0.2, 0) is 22.3 Å². The van der Waals surface area contributed by atoms with Crippen LogP contribution in [0.15, 0.2) is 30.1 Å². The van der Waals surface area contributed by atoms with Gasteiger partial charge in [-0.15, -0.1) is 0 Å². The highest BCUT2D eigenvalue weighted by Gasteiger charge is 2.36. The zero-order valence-electron chi connectivity index (χ0n) is 13.1. The van der Waals surface area contributed by atoms with Crippen molar-refractivity contribution >= 4 is 22.2 Å². The van der Waals surface area contributed by atoms with Crippen LogP contribution in [0.5, 0.6) is 0 Å². The van der Waals surface area contributed by atoms with Crippen molar-refractivity contribution < 1.29 is 31.5 Å². The average Bonchev–Trinajstić information content (AvgIpc) is 2.53. The molecule has 4 radical (unpaired) electrons. The van der Waals surface area contributed by atoms with Gasteiger partial charge in [-0.05, 0) is 18.6 Å². The Balaban J connectivity index is 3.14. The van der Waals surface area contributed by atoms with Crippen molar-refractivity contribution in [2.45, 2.75) is 31.4 Å². The molecule has 25 heavy (non-hydrogen) atoms. The Kier molecular flexibility index (Phi) is 7.01. The van der Waals surface area contributed by atoms with E-state index in [4.69, 9.17) is 15.7 Å². The number of alkyl halides is 5. The number of allylic oxidation sites excluding steroid dienone is 1. The standard InChI is InChI=1S/C14H13B2F5N2O2/c1-2-10(7-25-8-24)23(13(15,16)12(17)18)6-9-3-4-11(22-5-9)14(19,20)21/h2-5,8,12H,6-7H2,1H3/b10-2+. The molecule has 132 valence electrons. The number of hydrogen-bond acceptors (Lipinski definition) is 4. The molecule has 0 atom stereocenters. The second kappa shape index (κ2) is 8.35. The van der Waals surface area contributed by atoms with Crippen LogP contribution in [0.25, 0.3) is 0 Å². The fourth-order valence-corrected chi connectivity index (χ4v) is 1.91. The zero-order chi connectivity index (χ0) is 19.3. The van der Waals surface area contributed by atoms with E-state index < -0.39 is 30.2 Å². The van der Waals surface area contributed by atoms with Crippen molar-refractivity contribution in [1.82, 2.24) is 9.88 Å². The summed E-state index contributed by atoms with van der Waals surface area (Å²) in [6.45, 7) is 0.822. The van der Waals surface area contributed by atoms with E-state index in [2.05, 4.69) is 9.72 Å². The van der Waals surface area contributed by atoms with Gasteiger partial charge in [0.2, 0.25) is 6.43 Å². The molecule has 11 heteroatoms. The van der Waals surface area contributed by atoms with E-state index in [0.29, 0.717) is 6.07 Å². The van der Waals surface area contributed by atoms with Gasteiger partial charge < -0.3 is 9.64 Å². The molecule has 0 amide bonds. The zero-order valence-corrected chi connectivity index (χ0v) is 13.1. The highest BCUT2D eigenvalue weighted by Crippen LogP contribution is 2.28. The molecule has 0 saturated carbocycles. The molecule has 0 aromatic carbocycles. The van der Waals surface area contributed by atoms with Gasteiger partial charge in [-0.25, -0.2) is 8.78 Å². The quantitative estimate of drug-likeness (QED) is 0.406. The minimum atomic E-state index is -4.63. The Morgan fingerprint density at radius 3 is 2.40 bits per heavy atom. The molecule has 1 rings (SSSR count). The van der Waals surface area contributed by atoms with Gasteiger partial charge in [0.25, 0.3) is 6.47 Å². The molecule has 0 fully saturated rings. The van der Waals surface area contributed by atoms with Crippen LogP contribution in [0, 0.1) is 0 Å². The number of carbonyl (C=O) groups is 1. The summed E-state index contributed by atoms with van der Waals surface area (Å²) in [5, 5.41) is -2.64. The van der Waals surface area contributed by atoms with Gasteiger partial charge >= 0.3 is 6.18 Å². The molecule has 0 unspecified atom stereocenters. The number of aromatic nitrogens is 1. The Labute approximate surface area is 143 Å². The Bertz CT molecular complexity index is 606. The summed E-state index contributed by atoms with van der Waals surface area (Å²) in [5.41, 5.74) is -0.921. The van der Waals surface area contributed by atoms with Gasteiger partial charge in [0.15, 0.2) is 0 Å². The first-order valence-corrected chi connectivity index (χ1v) is 6.90. The first kappa shape index (κ1) is 21.0. The van der Waals surface area contributed by atoms with E-state index in [-0.39, 0.29) is 24.3 Å². The van der Waals surface area contributed by atoms with Crippen molar-refractivity contribution in [1.29, 1.82) is 0 Å². The average molecular weight is 358 g/mol. The molecule has 4 nitrogen and oxygen atoms in total. The summed E-state index contributed by atoms with van der Waals surface area (Å²) >= 11 is 0. The van der Waals surface area contributed by atoms with E-state index in [1.54, 1.807) is 0 Å². The van der Waals surface area contributed by atoms with Gasteiger partial charge in [0.05, 0.1) is 15.7 Å². The largest absolute Gasteiger partial charge is 0.461 e. The van der Waals surface area contributed by atoms with E-state index in [0.717, 1.165) is 17.2 Å². The van der Waals surface area contributed by atoms with E-state index in [9.17, 15) is 26.7 Å². The third kappa shape index (κ3) is 5.47. The molecular weight excluding hydrogens is 345 g/mol. The highest BCUT2D eigenvalue weighted by atomic mass is 19.4. The van der Waals surface area contributed by atoms with Crippen molar-refractivity contribution in [3.8, 4) is 0 Å². The van der Waals surface area contributed by atoms with Crippen molar-refractivity contribution in [3.05, 3.63) is 41.4 Å². The molecule has 0 aliphatic rings. The van der Waals surface area contributed by atoms with Gasteiger partial charge in [-0.1, -0.05) is 12.1 Å². The van der Waals surface area contributed by atoms with Crippen molar-refractivity contribution in [2.24, 2.45) is 0 Å². The topological polar surface area (TPSA) is 42.4 Å².